The molecule has 11 heteroatoms. The minimum absolute atomic E-state index is 0. The van der Waals surface area contributed by atoms with Crippen LogP contribution in [0.2, 0.25) is 0 Å². The van der Waals surface area contributed by atoms with Gasteiger partial charge in [0.15, 0.2) is 17.5 Å². The van der Waals surface area contributed by atoms with Crippen molar-refractivity contribution < 1.29 is 19.2 Å². The Morgan fingerprint density at radius 1 is 1.34 bits per heavy atom. The molecule has 9 nitrogen and oxygen atoms in total. The Balaban J connectivity index is 0.00000306. The van der Waals surface area contributed by atoms with Crippen molar-refractivity contribution >= 4 is 33.0 Å². The summed E-state index contributed by atoms with van der Waals surface area (Å²) in [5.41, 5.74) is 0.980. The van der Waals surface area contributed by atoms with E-state index in [0.29, 0.717) is 33.8 Å². The van der Waals surface area contributed by atoms with Crippen molar-refractivity contribution in [3.63, 3.8) is 0 Å². The highest BCUT2D eigenvalue weighted by molar-refractivity contribution is 7.91. The zero-order valence-electron chi connectivity index (χ0n) is 17.9. The molecule has 0 aliphatic heterocycles. The fourth-order valence-corrected chi connectivity index (χ4v) is 5.65. The van der Waals surface area contributed by atoms with E-state index in [2.05, 4.69) is 42.0 Å². The quantitative estimate of drug-likeness (QED) is 0.393. The number of thiophene rings is 1. The first-order chi connectivity index (χ1) is 15.1. The van der Waals surface area contributed by atoms with Gasteiger partial charge in [0, 0.05) is 35.1 Å². The number of sulfonamides is 1. The van der Waals surface area contributed by atoms with Gasteiger partial charge in [0.25, 0.3) is 10.0 Å². The van der Waals surface area contributed by atoms with Gasteiger partial charge < -0.3 is 10.4 Å². The molecule has 0 bridgehead atoms. The van der Waals surface area contributed by atoms with E-state index in [1.54, 1.807) is 39.1 Å². The number of H-pyrrole nitrogens is 1. The minimum Gasteiger partial charge on any atom is -0.384 e. The van der Waals surface area contributed by atoms with Gasteiger partial charge in [-0.05, 0) is 45.7 Å². The molecule has 0 radical (unpaired) electrons. The maximum Gasteiger partial charge on any atom is 0.250 e. The molecule has 0 amide bonds. The zero-order chi connectivity index (χ0) is 22.9. The number of anilines is 2. The van der Waals surface area contributed by atoms with E-state index in [1.807, 2.05) is 6.07 Å². The van der Waals surface area contributed by atoms with Crippen LogP contribution in [0.5, 0.6) is 0 Å². The molecule has 0 saturated heterocycles. The van der Waals surface area contributed by atoms with Crippen LogP contribution in [0.15, 0.2) is 28.6 Å². The Kier molecular flexibility index (Phi) is 6.05. The second-order valence-corrected chi connectivity index (χ2v) is 11.5. The predicted molar refractivity (Wildman–Crippen MR) is 132 cm³/mol. The predicted octanol–water partition coefficient (Wildman–Crippen LogP) is 3.95. The standard InChI is InChI=1S/C21H24N6O3S2.4H2/c1-21(2,3)27-32(29,30)18-9-8-16(31-18)20-22-12-14(5-4-10-28)19(24-20)23-17-11-15(25-26-17)13-6-7-13;;;;/h8-9,11-13,27-28H,6-7,10H2,1-3H3,(H2,22,23,24,25,26);4*1H. The van der Waals surface area contributed by atoms with Gasteiger partial charge in [0.2, 0.25) is 0 Å². The van der Waals surface area contributed by atoms with E-state index < -0.39 is 15.6 Å². The van der Waals surface area contributed by atoms with Crippen LogP contribution in [-0.2, 0) is 10.0 Å². The molecule has 32 heavy (non-hydrogen) atoms. The lowest BCUT2D eigenvalue weighted by atomic mass is 10.1. The lowest BCUT2D eigenvalue weighted by Crippen LogP contribution is -2.40. The van der Waals surface area contributed by atoms with E-state index in [4.69, 9.17) is 5.11 Å². The third-order valence-electron chi connectivity index (χ3n) is 4.46. The molecule has 4 rings (SSSR count). The van der Waals surface area contributed by atoms with Crippen molar-refractivity contribution in [2.24, 2.45) is 0 Å². The molecular formula is C21H32N6O3S2. The van der Waals surface area contributed by atoms with Crippen molar-refractivity contribution in [2.45, 2.75) is 49.3 Å². The lowest BCUT2D eigenvalue weighted by molar-refractivity contribution is 0.350. The number of nitrogens with one attached hydrogen (secondary N) is 3. The summed E-state index contributed by atoms with van der Waals surface area (Å²) in [6, 6.07) is 5.16. The third-order valence-corrected chi connectivity index (χ3v) is 7.79. The molecule has 1 aliphatic carbocycles. The summed E-state index contributed by atoms with van der Waals surface area (Å²) in [4.78, 5) is 9.52. The number of nitrogens with zero attached hydrogens (tertiary/aromatic N) is 3. The Morgan fingerprint density at radius 3 is 2.81 bits per heavy atom. The van der Waals surface area contributed by atoms with Gasteiger partial charge in [0.1, 0.15) is 10.8 Å². The third kappa shape index (κ3) is 5.34. The molecule has 0 spiro atoms. The van der Waals surface area contributed by atoms with Gasteiger partial charge in [0.05, 0.1) is 10.4 Å². The van der Waals surface area contributed by atoms with E-state index in [9.17, 15) is 8.42 Å². The molecule has 3 heterocycles. The van der Waals surface area contributed by atoms with Crippen LogP contribution in [0.4, 0.5) is 11.6 Å². The van der Waals surface area contributed by atoms with Gasteiger partial charge in [-0.2, -0.15) is 5.10 Å². The van der Waals surface area contributed by atoms with Crippen molar-refractivity contribution in [1.29, 1.82) is 0 Å². The van der Waals surface area contributed by atoms with E-state index >= 15 is 0 Å². The maximum absolute atomic E-state index is 12.6. The van der Waals surface area contributed by atoms with Crippen LogP contribution in [-0.4, -0.2) is 45.8 Å². The molecule has 3 aromatic heterocycles. The summed E-state index contributed by atoms with van der Waals surface area (Å²) >= 11 is 1.09. The molecule has 0 aromatic carbocycles. The first-order valence-corrected chi connectivity index (χ1v) is 12.4. The molecule has 3 aromatic rings. The Bertz CT molecular complexity index is 1310. The lowest BCUT2D eigenvalue weighted by Gasteiger charge is -2.19. The van der Waals surface area contributed by atoms with Crippen LogP contribution in [0.25, 0.3) is 10.7 Å². The molecule has 1 aliphatic rings. The van der Waals surface area contributed by atoms with Gasteiger partial charge in [-0.15, -0.1) is 11.3 Å². The normalized spacial score (nSPS) is 14.1. The number of rotatable bonds is 6. The largest absolute Gasteiger partial charge is 0.384 e. The van der Waals surface area contributed by atoms with Gasteiger partial charge >= 0.3 is 0 Å². The van der Waals surface area contributed by atoms with Gasteiger partial charge in [-0.3, -0.25) is 5.10 Å². The Labute approximate surface area is 196 Å². The minimum atomic E-state index is -3.65. The fourth-order valence-electron chi connectivity index (χ4n) is 2.99. The van der Waals surface area contributed by atoms with Gasteiger partial charge in [-0.1, -0.05) is 11.8 Å². The summed E-state index contributed by atoms with van der Waals surface area (Å²) < 4.78 is 28.1. The summed E-state index contributed by atoms with van der Waals surface area (Å²) in [7, 11) is -3.65. The van der Waals surface area contributed by atoms with Crippen LogP contribution in [0, 0.1) is 11.8 Å². The van der Waals surface area contributed by atoms with Crippen molar-refractivity contribution in [2.75, 3.05) is 11.9 Å². The average Bonchev–Trinajstić information content (AvgIpc) is 3.23. The molecule has 4 N–H and O–H groups in total. The summed E-state index contributed by atoms with van der Waals surface area (Å²) in [5.74, 6) is 7.35. The number of hydrogen-bond acceptors (Lipinski definition) is 8. The van der Waals surface area contributed by atoms with Crippen LogP contribution in [0.1, 0.15) is 56.5 Å². The second-order valence-electron chi connectivity index (χ2n) is 8.50. The van der Waals surface area contributed by atoms with Crippen molar-refractivity contribution in [3.8, 4) is 22.5 Å². The van der Waals surface area contributed by atoms with E-state index in [1.165, 1.54) is 0 Å². The second kappa shape index (κ2) is 8.63. The Morgan fingerprint density at radius 2 is 2.12 bits per heavy atom. The number of aliphatic hydroxyl groups excluding tert-OH is 1. The molecular weight excluding hydrogens is 448 g/mol. The van der Waals surface area contributed by atoms with Crippen molar-refractivity contribution in [1.82, 2.24) is 24.9 Å². The number of aliphatic hydroxyl groups is 1. The molecule has 1 fully saturated rings. The fraction of sp³-hybridized carbons (Fsp3) is 0.381. The van der Waals surface area contributed by atoms with E-state index in [0.717, 1.165) is 29.9 Å². The molecule has 1 saturated carbocycles. The van der Waals surface area contributed by atoms with Crippen molar-refractivity contribution in [3.05, 3.63) is 35.7 Å². The topological polar surface area (TPSA) is 133 Å². The summed E-state index contributed by atoms with van der Waals surface area (Å²) in [5, 5.41) is 19.5. The SMILES string of the molecule is CC(C)(C)NS(=O)(=O)c1ccc(-c2ncc(C#CCO)c(Nc3cc(C4CC4)[nH]n3)n2)s1.[HH].[HH].[HH].[HH]. The highest BCUT2D eigenvalue weighted by Crippen LogP contribution is 2.39. The average molecular weight is 481 g/mol. The molecule has 0 atom stereocenters. The highest BCUT2D eigenvalue weighted by Gasteiger charge is 2.26. The Hall–Kier alpha value is -2.78. The number of hydrogen-bond donors (Lipinski definition) is 4. The summed E-state index contributed by atoms with van der Waals surface area (Å²) in [6.45, 7) is 5.07. The smallest absolute Gasteiger partial charge is 0.250 e. The maximum atomic E-state index is 12.6. The number of aromatic amines is 1. The first kappa shape index (κ1) is 22.4. The number of aromatic nitrogens is 4. The monoisotopic (exact) mass is 480 g/mol. The molecule has 0 unspecified atom stereocenters. The highest BCUT2D eigenvalue weighted by atomic mass is 32.2. The van der Waals surface area contributed by atoms with Crippen LogP contribution >= 0.6 is 11.3 Å². The zero-order valence-corrected chi connectivity index (χ0v) is 19.6. The summed E-state index contributed by atoms with van der Waals surface area (Å²) in [6.07, 6.45) is 3.85. The van der Waals surface area contributed by atoms with Gasteiger partial charge in [-0.25, -0.2) is 23.1 Å². The molecule has 176 valence electrons. The van der Waals surface area contributed by atoms with Crippen LogP contribution in [0.3, 0.4) is 0 Å². The van der Waals surface area contributed by atoms with Crippen LogP contribution < -0.4 is 10.0 Å². The van der Waals surface area contributed by atoms with E-state index in [-0.39, 0.29) is 16.5 Å². The first-order valence-electron chi connectivity index (χ1n) is 10.1.